The van der Waals surface area contributed by atoms with E-state index >= 15 is 0 Å². The van der Waals surface area contributed by atoms with E-state index in [-0.39, 0.29) is 5.91 Å². The molecule has 0 aromatic heterocycles. The summed E-state index contributed by atoms with van der Waals surface area (Å²) in [4.78, 5) is 23.5. The van der Waals surface area contributed by atoms with E-state index in [1.807, 2.05) is 32.0 Å². The molecule has 1 atom stereocenters. The van der Waals surface area contributed by atoms with Gasteiger partial charge in [0.2, 0.25) is 5.91 Å². The van der Waals surface area contributed by atoms with Crippen molar-refractivity contribution in [2.45, 2.75) is 43.3 Å². The van der Waals surface area contributed by atoms with Crippen LogP contribution >= 0.6 is 11.8 Å². The zero-order valence-corrected chi connectivity index (χ0v) is 12.0. The highest BCUT2D eigenvalue weighted by Gasteiger charge is 2.18. The average molecular weight is 281 g/mol. The van der Waals surface area contributed by atoms with Gasteiger partial charge < -0.3 is 10.4 Å². The van der Waals surface area contributed by atoms with Gasteiger partial charge in [0, 0.05) is 11.3 Å². The smallest absolute Gasteiger partial charge is 0.316 e. The van der Waals surface area contributed by atoms with Crippen molar-refractivity contribution < 1.29 is 14.7 Å². The number of hydrogen-bond acceptors (Lipinski definition) is 3. The molecule has 0 heterocycles. The lowest BCUT2D eigenvalue weighted by Crippen LogP contribution is -2.16. The van der Waals surface area contributed by atoms with Crippen LogP contribution in [-0.2, 0) is 9.59 Å². The van der Waals surface area contributed by atoms with E-state index in [0.29, 0.717) is 18.5 Å². The summed E-state index contributed by atoms with van der Waals surface area (Å²) in [7, 11) is 0. The fourth-order valence-electron chi connectivity index (χ4n) is 1.57. The fourth-order valence-corrected chi connectivity index (χ4v) is 2.55. The lowest BCUT2D eigenvalue weighted by molar-refractivity contribution is -0.136. The number of para-hydroxylation sites is 1. The van der Waals surface area contributed by atoms with Crippen LogP contribution < -0.4 is 5.32 Å². The Hall–Kier alpha value is -1.49. The Morgan fingerprint density at radius 3 is 2.58 bits per heavy atom. The molecule has 0 aliphatic heterocycles. The van der Waals surface area contributed by atoms with Crippen molar-refractivity contribution in [3.63, 3.8) is 0 Å². The largest absolute Gasteiger partial charge is 0.480 e. The van der Waals surface area contributed by atoms with Crippen LogP contribution in [0, 0.1) is 0 Å². The number of carbonyl (C=O) groups excluding carboxylic acids is 1. The number of carboxylic acid groups (broad SMARTS) is 1. The van der Waals surface area contributed by atoms with Gasteiger partial charge in [0.1, 0.15) is 5.25 Å². The molecule has 0 bridgehead atoms. The Balaban J connectivity index is 2.83. The SMILES string of the molecule is CCCC(=O)Nc1ccccc1S[C@H](CC)C(=O)O. The molecule has 0 radical (unpaired) electrons. The lowest BCUT2D eigenvalue weighted by Gasteiger charge is -2.14. The maximum absolute atomic E-state index is 11.6. The molecule has 0 saturated carbocycles. The van der Waals surface area contributed by atoms with E-state index in [9.17, 15) is 9.59 Å². The molecule has 0 saturated heterocycles. The Morgan fingerprint density at radius 1 is 1.32 bits per heavy atom. The first-order valence-corrected chi connectivity index (χ1v) is 7.24. The summed E-state index contributed by atoms with van der Waals surface area (Å²) in [5, 5.41) is 11.4. The van der Waals surface area contributed by atoms with Gasteiger partial charge >= 0.3 is 5.97 Å². The van der Waals surface area contributed by atoms with Crippen molar-refractivity contribution >= 4 is 29.3 Å². The summed E-state index contributed by atoms with van der Waals surface area (Å²) in [6.07, 6.45) is 1.79. The first-order valence-electron chi connectivity index (χ1n) is 6.36. The van der Waals surface area contributed by atoms with Gasteiger partial charge in [0.15, 0.2) is 0 Å². The van der Waals surface area contributed by atoms with Crippen LogP contribution in [0.25, 0.3) is 0 Å². The molecule has 5 heteroatoms. The molecular formula is C14H19NO3S. The van der Waals surface area contributed by atoms with Gasteiger partial charge in [-0.1, -0.05) is 26.0 Å². The second kappa shape index (κ2) is 7.84. The van der Waals surface area contributed by atoms with Crippen molar-refractivity contribution in [1.29, 1.82) is 0 Å². The zero-order valence-electron chi connectivity index (χ0n) is 11.2. The zero-order chi connectivity index (χ0) is 14.3. The van der Waals surface area contributed by atoms with E-state index in [1.165, 1.54) is 11.8 Å². The van der Waals surface area contributed by atoms with E-state index in [4.69, 9.17) is 5.11 Å². The molecular weight excluding hydrogens is 262 g/mol. The Morgan fingerprint density at radius 2 is 2.00 bits per heavy atom. The number of hydrogen-bond donors (Lipinski definition) is 2. The summed E-state index contributed by atoms with van der Waals surface area (Å²) in [6.45, 7) is 3.78. The van der Waals surface area contributed by atoms with Gasteiger partial charge in [-0.25, -0.2) is 0 Å². The monoisotopic (exact) mass is 281 g/mol. The highest BCUT2D eigenvalue weighted by Crippen LogP contribution is 2.32. The van der Waals surface area contributed by atoms with Gasteiger partial charge in [0.25, 0.3) is 0 Å². The van der Waals surface area contributed by atoms with Crippen LogP contribution in [0.2, 0.25) is 0 Å². The van der Waals surface area contributed by atoms with Gasteiger partial charge in [-0.3, -0.25) is 9.59 Å². The third-order valence-corrected chi connectivity index (χ3v) is 3.98. The number of thioether (sulfide) groups is 1. The summed E-state index contributed by atoms with van der Waals surface area (Å²) >= 11 is 1.27. The maximum atomic E-state index is 11.6. The van der Waals surface area contributed by atoms with Crippen molar-refractivity contribution in [3.8, 4) is 0 Å². The van der Waals surface area contributed by atoms with E-state index in [2.05, 4.69) is 5.32 Å². The first kappa shape index (κ1) is 15.6. The Labute approximate surface area is 117 Å². The summed E-state index contributed by atoms with van der Waals surface area (Å²) in [6, 6.07) is 7.29. The van der Waals surface area contributed by atoms with Gasteiger partial charge in [-0.15, -0.1) is 11.8 Å². The first-order chi connectivity index (χ1) is 9.08. The average Bonchev–Trinajstić information content (AvgIpc) is 2.37. The molecule has 1 amide bonds. The highest BCUT2D eigenvalue weighted by molar-refractivity contribution is 8.00. The maximum Gasteiger partial charge on any atom is 0.316 e. The number of anilines is 1. The Bertz CT molecular complexity index is 448. The number of aliphatic carboxylic acids is 1. The summed E-state index contributed by atoms with van der Waals surface area (Å²) in [5.41, 5.74) is 0.686. The van der Waals surface area contributed by atoms with Crippen molar-refractivity contribution in [1.82, 2.24) is 0 Å². The highest BCUT2D eigenvalue weighted by atomic mass is 32.2. The minimum absolute atomic E-state index is 0.0427. The molecule has 0 fully saturated rings. The molecule has 0 aliphatic carbocycles. The van der Waals surface area contributed by atoms with Crippen LogP contribution in [0.15, 0.2) is 29.2 Å². The third-order valence-electron chi connectivity index (χ3n) is 2.55. The molecule has 4 nitrogen and oxygen atoms in total. The third kappa shape index (κ3) is 4.95. The fraction of sp³-hybridized carbons (Fsp3) is 0.429. The normalized spacial score (nSPS) is 11.9. The number of carboxylic acids is 1. The second-order valence-corrected chi connectivity index (χ2v) is 5.39. The van der Waals surface area contributed by atoms with Crippen molar-refractivity contribution in [3.05, 3.63) is 24.3 Å². The van der Waals surface area contributed by atoms with Crippen LogP contribution in [0.1, 0.15) is 33.1 Å². The Kier molecular flexibility index (Phi) is 6.42. The number of carbonyl (C=O) groups is 2. The summed E-state index contributed by atoms with van der Waals surface area (Å²) < 4.78 is 0. The molecule has 104 valence electrons. The number of nitrogens with one attached hydrogen (secondary N) is 1. The van der Waals surface area contributed by atoms with E-state index < -0.39 is 11.2 Å². The predicted octanol–water partition coefficient (Wildman–Crippen LogP) is 3.38. The van der Waals surface area contributed by atoms with Gasteiger partial charge in [0.05, 0.1) is 5.69 Å². The lowest BCUT2D eigenvalue weighted by atomic mass is 10.3. The van der Waals surface area contributed by atoms with Crippen molar-refractivity contribution in [2.75, 3.05) is 5.32 Å². The van der Waals surface area contributed by atoms with Crippen LogP contribution in [-0.4, -0.2) is 22.2 Å². The molecule has 0 spiro atoms. The van der Waals surface area contributed by atoms with E-state index in [0.717, 1.165) is 11.3 Å². The van der Waals surface area contributed by atoms with Crippen LogP contribution in [0.4, 0.5) is 5.69 Å². The number of benzene rings is 1. The minimum atomic E-state index is -0.831. The molecule has 1 aromatic carbocycles. The topological polar surface area (TPSA) is 66.4 Å². The van der Waals surface area contributed by atoms with Crippen LogP contribution in [0.5, 0.6) is 0 Å². The van der Waals surface area contributed by atoms with Gasteiger partial charge in [-0.2, -0.15) is 0 Å². The molecule has 1 rings (SSSR count). The molecule has 0 unspecified atom stereocenters. The summed E-state index contributed by atoms with van der Waals surface area (Å²) in [5.74, 6) is -0.874. The molecule has 19 heavy (non-hydrogen) atoms. The molecule has 0 aliphatic rings. The predicted molar refractivity (Wildman–Crippen MR) is 77.6 cm³/mol. The molecule has 1 aromatic rings. The standard InChI is InChI=1S/C14H19NO3S/c1-3-7-13(16)15-10-8-5-6-9-12(10)19-11(4-2)14(17)18/h5-6,8-9,11H,3-4,7H2,1-2H3,(H,15,16)(H,17,18)/t11-/m1/s1. The van der Waals surface area contributed by atoms with Crippen LogP contribution in [0.3, 0.4) is 0 Å². The minimum Gasteiger partial charge on any atom is -0.480 e. The number of rotatable bonds is 7. The number of amides is 1. The van der Waals surface area contributed by atoms with E-state index in [1.54, 1.807) is 6.07 Å². The van der Waals surface area contributed by atoms with Gasteiger partial charge in [-0.05, 0) is 25.0 Å². The second-order valence-electron chi connectivity index (χ2n) is 4.15. The molecule has 2 N–H and O–H groups in total. The quantitative estimate of drug-likeness (QED) is 0.752. The van der Waals surface area contributed by atoms with Crippen molar-refractivity contribution in [2.24, 2.45) is 0 Å².